The molecule has 1 atom stereocenters. The second-order valence-electron chi connectivity index (χ2n) is 5.90. The number of nitrogens with one attached hydrogen (secondary N) is 2. The Balaban J connectivity index is 1.99. The maximum atomic E-state index is 12.7. The van der Waals surface area contributed by atoms with Crippen LogP contribution in [0.5, 0.6) is 0 Å². The number of carbonyl (C=O) groups is 1. The van der Waals surface area contributed by atoms with Gasteiger partial charge in [-0.1, -0.05) is 6.07 Å². The van der Waals surface area contributed by atoms with E-state index in [0.29, 0.717) is 25.1 Å². The largest absolute Gasteiger partial charge is 0.416 e. The third kappa shape index (κ3) is 5.16. The van der Waals surface area contributed by atoms with Crippen molar-refractivity contribution in [2.24, 2.45) is 5.92 Å². The highest BCUT2D eigenvalue weighted by molar-refractivity contribution is 7.89. The number of hydrogen-bond donors (Lipinski definition) is 2. The van der Waals surface area contributed by atoms with Gasteiger partial charge in [0.2, 0.25) is 15.9 Å². The lowest BCUT2D eigenvalue weighted by Gasteiger charge is -2.17. The Bertz CT molecular complexity index is 722. The smallest absolute Gasteiger partial charge is 0.341 e. The number of halogens is 3. The van der Waals surface area contributed by atoms with Crippen molar-refractivity contribution in [3.05, 3.63) is 29.8 Å². The third-order valence-corrected chi connectivity index (χ3v) is 5.42. The second-order valence-corrected chi connectivity index (χ2v) is 7.67. The topological polar surface area (TPSA) is 78.5 Å². The highest BCUT2D eigenvalue weighted by Crippen LogP contribution is 2.30. The number of sulfonamides is 1. The summed E-state index contributed by atoms with van der Waals surface area (Å²) in [6, 6.07) is 3.41. The molecule has 1 heterocycles. The predicted octanol–water partition coefficient (Wildman–Crippen LogP) is 1.05. The first-order chi connectivity index (χ1) is 11.6. The van der Waals surface area contributed by atoms with Crippen molar-refractivity contribution in [2.45, 2.75) is 17.5 Å². The van der Waals surface area contributed by atoms with E-state index in [4.69, 9.17) is 0 Å². The molecule has 0 bridgehead atoms. The van der Waals surface area contributed by atoms with Crippen LogP contribution in [-0.2, 0) is 21.0 Å². The van der Waals surface area contributed by atoms with Crippen LogP contribution in [0.2, 0.25) is 0 Å². The molecule has 0 radical (unpaired) electrons. The van der Waals surface area contributed by atoms with E-state index in [1.54, 1.807) is 4.90 Å². The van der Waals surface area contributed by atoms with Crippen LogP contribution < -0.4 is 10.0 Å². The zero-order chi connectivity index (χ0) is 18.7. The quantitative estimate of drug-likeness (QED) is 0.775. The molecule has 0 saturated carbocycles. The Labute approximate surface area is 144 Å². The Morgan fingerprint density at radius 3 is 2.72 bits per heavy atom. The van der Waals surface area contributed by atoms with Gasteiger partial charge < -0.3 is 10.2 Å². The number of likely N-dealkylation sites (tertiary alicyclic amines) is 1. The first-order valence-electron chi connectivity index (χ1n) is 7.73. The molecule has 2 rings (SSSR count). The van der Waals surface area contributed by atoms with E-state index >= 15 is 0 Å². The summed E-state index contributed by atoms with van der Waals surface area (Å²) in [7, 11) is -2.39. The zero-order valence-corrected chi connectivity index (χ0v) is 14.5. The summed E-state index contributed by atoms with van der Waals surface area (Å²) in [5, 5.41) is 3.02. The van der Waals surface area contributed by atoms with Gasteiger partial charge in [-0.2, -0.15) is 13.2 Å². The lowest BCUT2D eigenvalue weighted by molar-refractivity contribution is -0.137. The minimum Gasteiger partial charge on any atom is -0.341 e. The molecule has 1 aliphatic rings. The number of benzene rings is 1. The second kappa shape index (κ2) is 7.71. The molecule has 10 heteroatoms. The van der Waals surface area contributed by atoms with Crippen LogP contribution in [0.3, 0.4) is 0 Å². The maximum Gasteiger partial charge on any atom is 0.416 e. The molecule has 1 aliphatic heterocycles. The van der Waals surface area contributed by atoms with Crippen molar-refractivity contribution in [1.82, 2.24) is 14.9 Å². The van der Waals surface area contributed by atoms with Crippen LogP contribution in [0.25, 0.3) is 0 Å². The number of rotatable bonds is 6. The van der Waals surface area contributed by atoms with E-state index in [1.165, 1.54) is 0 Å². The monoisotopic (exact) mass is 379 g/mol. The Hall–Kier alpha value is -1.65. The third-order valence-electron chi connectivity index (χ3n) is 4.02. The molecule has 1 amide bonds. The highest BCUT2D eigenvalue weighted by atomic mass is 32.2. The van der Waals surface area contributed by atoms with Crippen LogP contribution in [0, 0.1) is 5.92 Å². The summed E-state index contributed by atoms with van der Waals surface area (Å²) in [5.74, 6) is -0.0804. The predicted molar refractivity (Wildman–Crippen MR) is 85.2 cm³/mol. The zero-order valence-electron chi connectivity index (χ0n) is 13.6. The average Bonchev–Trinajstić information content (AvgIpc) is 3.01. The van der Waals surface area contributed by atoms with Crippen LogP contribution >= 0.6 is 0 Å². The van der Waals surface area contributed by atoms with Crippen molar-refractivity contribution in [2.75, 3.05) is 33.2 Å². The fourth-order valence-corrected chi connectivity index (χ4v) is 3.73. The molecule has 140 valence electrons. The number of amides is 1. The van der Waals surface area contributed by atoms with Crippen molar-refractivity contribution >= 4 is 15.9 Å². The normalized spacial score (nSPS) is 18.6. The summed E-state index contributed by atoms with van der Waals surface area (Å²) in [6.45, 7) is 1.35. The Morgan fingerprint density at radius 1 is 1.36 bits per heavy atom. The van der Waals surface area contributed by atoms with Crippen molar-refractivity contribution in [3.63, 3.8) is 0 Å². The number of hydrogen-bond acceptors (Lipinski definition) is 4. The van der Waals surface area contributed by atoms with E-state index in [2.05, 4.69) is 10.0 Å². The van der Waals surface area contributed by atoms with Gasteiger partial charge >= 0.3 is 6.18 Å². The van der Waals surface area contributed by atoms with Crippen molar-refractivity contribution in [3.8, 4) is 0 Å². The van der Waals surface area contributed by atoms with Crippen molar-refractivity contribution < 1.29 is 26.4 Å². The first-order valence-corrected chi connectivity index (χ1v) is 9.21. The summed E-state index contributed by atoms with van der Waals surface area (Å²) >= 11 is 0. The van der Waals surface area contributed by atoms with E-state index in [1.807, 2.05) is 7.05 Å². The summed E-state index contributed by atoms with van der Waals surface area (Å²) in [6.07, 6.45) is -3.81. The molecule has 1 aromatic rings. The van der Waals surface area contributed by atoms with Gasteiger partial charge in [-0.15, -0.1) is 0 Å². The van der Waals surface area contributed by atoms with Gasteiger partial charge in [0.25, 0.3) is 0 Å². The van der Waals surface area contributed by atoms with Crippen LogP contribution in [0.15, 0.2) is 29.2 Å². The minimum atomic E-state index is -4.64. The van der Waals surface area contributed by atoms with Gasteiger partial charge in [-0.05, 0) is 44.1 Å². The fourth-order valence-electron chi connectivity index (χ4n) is 2.71. The molecular formula is C15H20F3N3O3S. The summed E-state index contributed by atoms with van der Waals surface area (Å²) in [5.41, 5.74) is -1.06. The van der Waals surface area contributed by atoms with Gasteiger partial charge in [-0.25, -0.2) is 13.1 Å². The lowest BCUT2D eigenvalue weighted by atomic mass is 10.1. The molecule has 6 nitrogen and oxygen atoms in total. The summed E-state index contributed by atoms with van der Waals surface area (Å²) < 4.78 is 64.4. The molecule has 1 unspecified atom stereocenters. The Kier molecular flexibility index (Phi) is 6.07. The van der Waals surface area contributed by atoms with E-state index < -0.39 is 39.1 Å². The molecule has 25 heavy (non-hydrogen) atoms. The molecular weight excluding hydrogens is 359 g/mol. The van der Waals surface area contributed by atoms with E-state index in [-0.39, 0.29) is 0 Å². The first kappa shape index (κ1) is 19.7. The van der Waals surface area contributed by atoms with Crippen LogP contribution in [0.1, 0.15) is 12.0 Å². The molecule has 1 aromatic carbocycles. The molecule has 1 fully saturated rings. The van der Waals surface area contributed by atoms with E-state index in [9.17, 15) is 26.4 Å². The highest BCUT2D eigenvalue weighted by Gasteiger charge is 2.32. The standard InChI is InChI=1S/C15H20F3N3O3S/c1-19-8-11-5-6-21(10-11)14(22)9-20-25(23,24)13-4-2-3-12(7-13)15(16,17)18/h2-4,7,11,19-20H,5-6,8-10H2,1H3. The van der Waals surface area contributed by atoms with Crippen molar-refractivity contribution in [1.29, 1.82) is 0 Å². The maximum absolute atomic E-state index is 12.7. The summed E-state index contributed by atoms with van der Waals surface area (Å²) in [4.78, 5) is 13.1. The number of alkyl halides is 3. The average molecular weight is 379 g/mol. The molecule has 0 aliphatic carbocycles. The van der Waals surface area contributed by atoms with Gasteiger partial charge in [-0.3, -0.25) is 4.79 Å². The van der Waals surface area contributed by atoms with E-state index in [0.717, 1.165) is 31.2 Å². The van der Waals surface area contributed by atoms with Gasteiger partial charge in [0.1, 0.15) is 0 Å². The van der Waals surface area contributed by atoms with Crippen LogP contribution in [-0.4, -0.2) is 52.5 Å². The SMILES string of the molecule is CNCC1CCN(C(=O)CNS(=O)(=O)c2cccc(C(F)(F)F)c2)C1. The fraction of sp³-hybridized carbons (Fsp3) is 0.533. The molecule has 2 N–H and O–H groups in total. The number of carbonyl (C=O) groups excluding carboxylic acids is 1. The Morgan fingerprint density at radius 2 is 2.08 bits per heavy atom. The molecule has 0 spiro atoms. The minimum absolute atomic E-state index is 0.314. The number of nitrogens with zero attached hydrogens (tertiary/aromatic N) is 1. The molecule has 1 saturated heterocycles. The van der Waals surface area contributed by atoms with Crippen LogP contribution in [0.4, 0.5) is 13.2 Å². The lowest BCUT2D eigenvalue weighted by Crippen LogP contribution is -2.39. The molecule has 0 aromatic heterocycles. The van der Waals surface area contributed by atoms with Gasteiger partial charge in [0.05, 0.1) is 17.0 Å². The van der Waals surface area contributed by atoms with Gasteiger partial charge in [0, 0.05) is 13.1 Å². The van der Waals surface area contributed by atoms with Gasteiger partial charge in [0.15, 0.2) is 0 Å².